The van der Waals surface area contributed by atoms with Crippen molar-refractivity contribution >= 4 is 0 Å². The quantitative estimate of drug-likeness (QED) is 0.341. The second-order valence-electron chi connectivity index (χ2n) is 3.83. The van der Waals surface area contributed by atoms with Gasteiger partial charge in [0.25, 0.3) is 0 Å². The monoisotopic (exact) mass is 171 g/mol. The number of hydrogen-bond donors (Lipinski definition) is 0. The molecule has 0 spiro atoms. The zero-order valence-corrected chi connectivity index (χ0v) is 9.07. The molecule has 0 aromatic rings. The molecule has 0 heteroatoms. The van der Waals surface area contributed by atoms with Crippen LogP contribution in [0.25, 0.3) is 0 Å². The molecule has 0 aliphatic rings. The van der Waals surface area contributed by atoms with Crippen LogP contribution in [0.15, 0.2) is 0 Å². The zero-order chi connectivity index (χ0) is 9.07. The maximum Gasteiger partial charge on any atom is -0.0533 e. The molecule has 0 saturated heterocycles. The van der Waals surface area contributed by atoms with Crippen molar-refractivity contribution in [1.82, 2.24) is 0 Å². The van der Waals surface area contributed by atoms with E-state index in [1.807, 2.05) is 0 Å². The van der Waals surface area contributed by atoms with Gasteiger partial charge >= 0.3 is 0 Å². The van der Waals surface area contributed by atoms with Crippen LogP contribution >= 0.6 is 0 Å². The van der Waals surface area contributed by atoms with Gasteiger partial charge in [0.15, 0.2) is 0 Å². The predicted octanol–water partition coefficient (Wildman–Crippen LogP) is 4.93. The Hall–Kier alpha value is 0. The maximum atomic E-state index is 2.28. The largest absolute Gasteiger partial charge is 0.0654 e. The second kappa shape index (κ2) is 11.0. The first-order valence-corrected chi connectivity index (χ1v) is 5.91. The van der Waals surface area contributed by atoms with Crippen LogP contribution in [-0.2, 0) is 0 Å². The van der Waals surface area contributed by atoms with E-state index in [1.54, 1.807) is 0 Å². The van der Waals surface area contributed by atoms with Crippen molar-refractivity contribution in [3.05, 3.63) is 0 Å². The normalized spacial score (nSPS) is 10.5. The Morgan fingerprint density at radius 3 is 0.917 bits per heavy atom. The summed E-state index contributed by atoms with van der Waals surface area (Å²) in [6.07, 6.45) is 14.4. The Morgan fingerprint density at radius 1 is 0.417 bits per heavy atom. The minimum absolute atomic E-state index is 1.37. The Balaban J connectivity index is 2.73. The van der Waals surface area contributed by atoms with Crippen LogP contribution in [0.1, 0.15) is 78.1 Å². The zero-order valence-electron chi connectivity index (χ0n) is 9.07. The Kier molecular flexibility index (Phi) is 11.0. The molecular formula is C12H26. The fraction of sp³-hybridized carbons (Fsp3) is 1.00. The molecule has 0 atom stereocenters. The van der Waals surface area contributed by atoms with Gasteiger partial charge in [-0.3, -0.25) is 0 Å². The van der Waals surface area contributed by atoms with Gasteiger partial charge in [-0.05, 0) is 0 Å². The van der Waals surface area contributed by atoms with Crippen molar-refractivity contribution in [2.45, 2.75) is 78.1 Å². The van der Waals surface area contributed by atoms with Gasteiger partial charge in [-0.2, -0.15) is 0 Å². The van der Waals surface area contributed by atoms with Crippen LogP contribution in [0.3, 0.4) is 0 Å². The highest BCUT2D eigenvalue weighted by Gasteiger charge is 1.90. The Bertz CT molecular complexity index is 56.4. The van der Waals surface area contributed by atoms with Crippen molar-refractivity contribution in [3.63, 3.8) is 0 Å². The van der Waals surface area contributed by atoms with Gasteiger partial charge in [0, 0.05) is 0 Å². The molecule has 0 unspecified atom stereocenters. The van der Waals surface area contributed by atoms with Crippen LogP contribution in [0, 0.1) is 0 Å². The summed E-state index contributed by atoms with van der Waals surface area (Å²) in [5.74, 6) is 0. The van der Waals surface area contributed by atoms with Crippen molar-refractivity contribution in [3.8, 4) is 0 Å². The summed E-state index contributed by atoms with van der Waals surface area (Å²) in [7, 11) is 0. The summed E-state index contributed by atoms with van der Waals surface area (Å²) in [5.41, 5.74) is 0. The average molecular weight is 171 g/mol. The molecule has 0 aliphatic heterocycles. The molecular weight excluding hydrogens is 145 g/mol. The van der Waals surface area contributed by atoms with E-state index in [1.165, 1.54) is 64.2 Å². The summed E-state index contributed by atoms with van der Waals surface area (Å²) in [4.78, 5) is 0. The molecule has 0 aromatic carbocycles. The Morgan fingerprint density at radius 2 is 0.667 bits per heavy atom. The van der Waals surface area contributed by atoms with E-state index in [9.17, 15) is 0 Å². The van der Waals surface area contributed by atoms with Crippen LogP contribution < -0.4 is 0 Å². The van der Waals surface area contributed by atoms with E-state index in [4.69, 9.17) is 0 Å². The first-order chi connectivity index (χ1) is 5.91. The molecule has 0 radical (unpaired) electrons. The summed E-state index contributed by atoms with van der Waals surface area (Å²) in [5, 5.41) is 0. The second-order valence-corrected chi connectivity index (χ2v) is 3.83. The molecule has 0 rings (SSSR count). The van der Waals surface area contributed by atoms with E-state index in [0.29, 0.717) is 0 Å². The molecule has 0 aliphatic carbocycles. The number of rotatable bonds is 9. The molecule has 0 saturated carbocycles. The van der Waals surface area contributed by atoms with Gasteiger partial charge in [-0.1, -0.05) is 78.1 Å². The van der Waals surface area contributed by atoms with Crippen molar-refractivity contribution in [2.24, 2.45) is 0 Å². The molecule has 0 aromatic heterocycles. The minimum Gasteiger partial charge on any atom is -0.0654 e. The van der Waals surface area contributed by atoms with Crippen LogP contribution in [0.5, 0.6) is 0 Å². The highest BCUT2D eigenvalue weighted by atomic mass is 14.0. The van der Waals surface area contributed by atoms with Gasteiger partial charge in [0.05, 0.1) is 0 Å². The molecule has 74 valence electrons. The molecule has 0 amide bonds. The van der Waals surface area contributed by atoms with E-state index in [0.717, 1.165) is 0 Å². The van der Waals surface area contributed by atoms with Gasteiger partial charge in [-0.25, -0.2) is 0 Å². The van der Waals surface area contributed by atoms with E-state index in [2.05, 4.69) is 13.8 Å². The third-order valence-corrected chi connectivity index (χ3v) is 2.46. The van der Waals surface area contributed by atoms with E-state index < -0.39 is 0 Å². The van der Waals surface area contributed by atoms with Gasteiger partial charge in [0.1, 0.15) is 0 Å². The van der Waals surface area contributed by atoms with Crippen LogP contribution in [0.2, 0.25) is 0 Å². The van der Waals surface area contributed by atoms with Crippen LogP contribution in [-0.4, -0.2) is 0 Å². The van der Waals surface area contributed by atoms with Gasteiger partial charge in [0.2, 0.25) is 0 Å². The van der Waals surface area contributed by atoms with Crippen molar-refractivity contribution in [2.75, 3.05) is 0 Å². The minimum atomic E-state index is 1.37. The summed E-state index contributed by atoms with van der Waals surface area (Å²) >= 11 is 0. The van der Waals surface area contributed by atoms with Crippen LogP contribution in [0.4, 0.5) is 0 Å². The third kappa shape index (κ3) is 10.0. The van der Waals surface area contributed by atoms with Gasteiger partial charge in [-0.15, -0.1) is 0 Å². The molecule has 0 N–H and O–H groups in total. The first kappa shape index (κ1) is 12.0. The topological polar surface area (TPSA) is 0 Å². The molecule has 0 nitrogen and oxygen atoms in total. The lowest BCUT2D eigenvalue weighted by Crippen LogP contribution is -1.80. The standard InChI is InChI=1S/C12H26/c1-3-5-7-9-11-12-10-8-6-4-2/h3-12H2,1-2H3/i1+1. The summed E-state index contributed by atoms with van der Waals surface area (Å²) < 4.78 is 0. The summed E-state index contributed by atoms with van der Waals surface area (Å²) in [6, 6.07) is 0. The smallest absolute Gasteiger partial charge is 0.0533 e. The lowest BCUT2D eigenvalue weighted by Gasteiger charge is -1.99. The fourth-order valence-electron chi connectivity index (χ4n) is 1.56. The summed E-state index contributed by atoms with van der Waals surface area (Å²) in [6.45, 7) is 4.56. The lowest BCUT2D eigenvalue weighted by atomic mass is 10.1. The average Bonchev–Trinajstić information content (AvgIpc) is 2.10. The highest BCUT2D eigenvalue weighted by Crippen LogP contribution is 2.09. The predicted molar refractivity (Wildman–Crippen MR) is 57.5 cm³/mol. The van der Waals surface area contributed by atoms with E-state index >= 15 is 0 Å². The third-order valence-electron chi connectivity index (χ3n) is 2.46. The molecule has 12 heavy (non-hydrogen) atoms. The highest BCUT2D eigenvalue weighted by molar-refractivity contribution is 4.45. The van der Waals surface area contributed by atoms with E-state index in [-0.39, 0.29) is 0 Å². The van der Waals surface area contributed by atoms with Crippen molar-refractivity contribution < 1.29 is 0 Å². The fourth-order valence-corrected chi connectivity index (χ4v) is 1.56. The maximum absolute atomic E-state index is 2.28. The van der Waals surface area contributed by atoms with Crippen molar-refractivity contribution in [1.29, 1.82) is 0 Å². The number of unbranched alkanes of at least 4 members (excludes halogenated alkanes) is 9. The lowest BCUT2D eigenvalue weighted by molar-refractivity contribution is 0.562. The molecule has 0 bridgehead atoms. The Labute approximate surface area is 78.8 Å². The first-order valence-electron chi connectivity index (χ1n) is 5.91. The number of hydrogen-bond acceptors (Lipinski definition) is 0. The molecule has 0 fully saturated rings. The SMILES string of the molecule is CCCCCCCCCCC[13CH3]. The molecule has 0 heterocycles. The van der Waals surface area contributed by atoms with Gasteiger partial charge < -0.3 is 0 Å².